The van der Waals surface area contributed by atoms with Crippen LogP contribution in [0.5, 0.6) is 0 Å². The molecule has 0 fully saturated rings. The molecule has 0 saturated heterocycles. The molecule has 8 nitrogen and oxygen atoms in total. The summed E-state index contributed by atoms with van der Waals surface area (Å²) in [5.74, 6) is -1.78. The van der Waals surface area contributed by atoms with Gasteiger partial charge in [0.05, 0.1) is 6.61 Å². The summed E-state index contributed by atoms with van der Waals surface area (Å²) < 4.78 is 4.86. The van der Waals surface area contributed by atoms with Crippen LogP contribution >= 0.6 is 0 Å². The van der Waals surface area contributed by atoms with Crippen LogP contribution < -0.4 is 16.0 Å². The number of carboxylic acids is 1. The summed E-state index contributed by atoms with van der Waals surface area (Å²) in [6.07, 6.45) is 0. The number of hydrogen-bond donors (Lipinski definition) is 4. The molecule has 0 aromatic heterocycles. The van der Waals surface area contributed by atoms with Crippen LogP contribution in [0.2, 0.25) is 0 Å². The van der Waals surface area contributed by atoms with Gasteiger partial charge in [0.25, 0.3) is 5.91 Å². The third kappa shape index (κ3) is 5.54. The van der Waals surface area contributed by atoms with Crippen LogP contribution in [0.25, 0.3) is 0 Å². The Kier molecular flexibility index (Phi) is 6.72. The number of amides is 3. The number of carbonyl (C=O) groups excluding carboxylic acids is 2. The molecule has 0 aliphatic rings. The molecule has 0 heterocycles. The van der Waals surface area contributed by atoms with Crippen LogP contribution in [0.4, 0.5) is 10.5 Å². The molecule has 4 N–H and O–H groups in total. The highest BCUT2D eigenvalue weighted by atomic mass is 16.5. The number of carboxylic acid groups (broad SMARTS) is 1. The number of methoxy groups -OCH3 is 1. The zero-order valence-electron chi connectivity index (χ0n) is 14.2. The minimum absolute atomic E-state index is 0.0261. The van der Waals surface area contributed by atoms with Crippen LogP contribution in [0, 0.1) is 0 Å². The predicted octanol–water partition coefficient (Wildman–Crippen LogP) is 1.44. The van der Waals surface area contributed by atoms with Crippen molar-refractivity contribution in [3.05, 3.63) is 29.8 Å². The zero-order chi connectivity index (χ0) is 18.3. The van der Waals surface area contributed by atoms with Gasteiger partial charge in [-0.15, -0.1) is 0 Å². The maximum Gasteiger partial charge on any atom is 0.331 e. The third-order valence-corrected chi connectivity index (χ3v) is 3.10. The summed E-state index contributed by atoms with van der Waals surface area (Å²) in [4.78, 5) is 35.3. The quantitative estimate of drug-likeness (QED) is 0.600. The Labute approximate surface area is 140 Å². The molecule has 132 valence electrons. The Hall–Kier alpha value is -2.61. The van der Waals surface area contributed by atoms with Crippen molar-refractivity contribution in [2.45, 2.75) is 32.4 Å². The van der Waals surface area contributed by atoms with Gasteiger partial charge in [-0.2, -0.15) is 0 Å². The lowest BCUT2D eigenvalue weighted by Crippen LogP contribution is -2.55. The summed E-state index contributed by atoms with van der Waals surface area (Å²) in [7, 11) is 1.35. The van der Waals surface area contributed by atoms with Crippen molar-refractivity contribution < 1.29 is 24.2 Å². The summed E-state index contributed by atoms with van der Waals surface area (Å²) >= 11 is 0. The Balaban J connectivity index is 2.87. The van der Waals surface area contributed by atoms with E-state index in [1.54, 1.807) is 12.1 Å². The minimum atomic E-state index is -1.55. The van der Waals surface area contributed by atoms with E-state index >= 15 is 0 Å². The Bertz CT molecular complexity index is 617. The normalized spacial score (nSPS) is 13.0. The molecule has 1 rings (SSSR count). The first-order chi connectivity index (χ1) is 11.2. The van der Waals surface area contributed by atoms with Crippen molar-refractivity contribution >= 4 is 23.6 Å². The van der Waals surface area contributed by atoms with Crippen LogP contribution in [0.1, 0.15) is 31.1 Å². The highest BCUT2D eigenvalue weighted by Crippen LogP contribution is 2.13. The molecule has 1 atom stereocenters. The van der Waals surface area contributed by atoms with Crippen LogP contribution in [0.15, 0.2) is 24.3 Å². The van der Waals surface area contributed by atoms with Crippen molar-refractivity contribution in [1.29, 1.82) is 0 Å². The van der Waals surface area contributed by atoms with Gasteiger partial charge in [0.2, 0.25) is 0 Å². The van der Waals surface area contributed by atoms with Gasteiger partial charge < -0.3 is 25.8 Å². The summed E-state index contributed by atoms with van der Waals surface area (Å²) in [6.45, 7) is 4.83. The smallest absolute Gasteiger partial charge is 0.331 e. The molecule has 3 amide bonds. The van der Waals surface area contributed by atoms with Gasteiger partial charge in [0.1, 0.15) is 0 Å². The molecule has 24 heavy (non-hydrogen) atoms. The highest BCUT2D eigenvalue weighted by Gasteiger charge is 2.35. The van der Waals surface area contributed by atoms with Crippen molar-refractivity contribution in [2.75, 3.05) is 19.0 Å². The fourth-order valence-corrected chi connectivity index (χ4v) is 1.93. The summed E-state index contributed by atoms with van der Waals surface area (Å²) in [5, 5.41) is 17.0. The van der Waals surface area contributed by atoms with E-state index in [2.05, 4.69) is 16.0 Å². The number of benzene rings is 1. The number of anilines is 1. The summed E-state index contributed by atoms with van der Waals surface area (Å²) in [5.41, 5.74) is -0.907. The van der Waals surface area contributed by atoms with Crippen LogP contribution in [-0.2, 0) is 9.53 Å². The molecular weight excluding hydrogens is 314 g/mol. The molecule has 1 unspecified atom stereocenters. The maximum atomic E-state index is 12.3. The largest absolute Gasteiger partial charge is 0.479 e. The number of carbonyl (C=O) groups is 3. The first-order valence-corrected chi connectivity index (χ1v) is 7.40. The molecule has 8 heteroatoms. The number of nitrogens with one attached hydrogen (secondary N) is 3. The monoisotopic (exact) mass is 337 g/mol. The maximum absolute atomic E-state index is 12.3. The predicted molar refractivity (Wildman–Crippen MR) is 89.1 cm³/mol. The number of urea groups is 1. The molecule has 0 bridgehead atoms. The Morgan fingerprint density at radius 2 is 1.96 bits per heavy atom. The number of hydrogen-bond acceptors (Lipinski definition) is 4. The number of rotatable bonds is 7. The highest BCUT2D eigenvalue weighted by molar-refractivity contribution is 5.99. The lowest BCUT2D eigenvalue weighted by molar-refractivity contribution is -0.145. The van der Waals surface area contributed by atoms with Gasteiger partial charge in [-0.05, 0) is 39.0 Å². The first-order valence-electron chi connectivity index (χ1n) is 7.40. The molecule has 0 radical (unpaired) electrons. The average molecular weight is 337 g/mol. The van der Waals surface area contributed by atoms with Crippen molar-refractivity contribution in [2.24, 2.45) is 0 Å². The van der Waals surface area contributed by atoms with E-state index in [4.69, 9.17) is 4.74 Å². The lowest BCUT2D eigenvalue weighted by Gasteiger charge is -2.25. The number of ether oxygens (including phenoxy) is 1. The van der Waals surface area contributed by atoms with Crippen LogP contribution in [-0.4, -0.2) is 48.3 Å². The van der Waals surface area contributed by atoms with E-state index in [1.165, 1.54) is 26.2 Å². The first kappa shape index (κ1) is 19.4. The van der Waals surface area contributed by atoms with E-state index < -0.39 is 23.4 Å². The fourth-order valence-electron chi connectivity index (χ4n) is 1.93. The SMILES string of the molecule is COCC(C)(NC(=O)c1cccc(NC(=O)NC(C)C)c1)C(=O)O. The zero-order valence-corrected chi connectivity index (χ0v) is 14.2. The van der Waals surface area contributed by atoms with Gasteiger partial charge in [-0.25, -0.2) is 9.59 Å². The molecule has 1 aromatic rings. The van der Waals surface area contributed by atoms with Crippen molar-refractivity contribution in [3.63, 3.8) is 0 Å². The third-order valence-electron chi connectivity index (χ3n) is 3.10. The minimum Gasteiger partial charge on any atom is -0.479 e. The molecule has 0 saturated carbocycles. The van der Waals surface area contributed by atoms with Gasteiger partial charge in [-0.1, -0.05) is 6.07 Å². The van der Waals surface area contributed by atoms with Gasteiger partial charge in [-0.3, -0.25) is 4.79 Å². The average Bonchev–Trinajstić information content (AvgIpc) is 2.46. The molecule has 0 spiro atoms. The lowest BCUT2D eigenvalue weighted by atomic mass is 10.0. The van der Waals surface area contributed by atoms with Crippen molar-refractivity contribution in [1.82, 2.24) is 10.6 Å². The Morgan fingerprint density at radius 3 is 2.50 bits per heavy atom. The Morgan fingerprint density at radius 1 is 1.29 bits per heavy atom. The standard InChI is InChI=1S/C16H23N3O5/c1-10(2)17-15(23)18-12-7-5-6-11(8-12)13(20)19-16(3,9-24-4)14(21)22/h5-8,10H,9H2,1-4H3,(H,19,20)(H,21,22)(H2,17,18,23). The number of aliphatic carboxylic acids is 1. The second-order valence-electron chi connectivity index (χ2n) is 5.86. The van der Waals surface area contributed by atoms with E-state index in [0.717, 1.165) is 0 Å². The molecular formula is C16H23N3O5. The van der Waals surface area contributed by atoms with E-state index in [9.17, 15) is 19.5 Å². The van der Waals surface area contributed by atoms with Gasteiger partial charge >= 0.3 is 12.0 Å². The van der Waals surface area contributed by atoms with Gasteiger partial charge in [0, 0.05) is 24.4 Å². The second kappa shape index (κ2) is 8.30. The summed E-state index contributed by atoms with van der Waals surface area (Å²) in [6, 6.07) is 5.79. The van der Waals surface area contributed by atoms with Crippen molar-refractivity contribution in [3.8, 4) is 0 Å². The topological polar surface area (TPSA) is 117 Å². The molecule has 0 aliphatic heterocycles. The van der Waals surface area contributed by atoms with Gasteiger partial charge in [0.15, 0.2) is 5.54 Å². The van der Waals surface area contributed by atoms with E-state index in [1.807, 2.05) is 13.8 Å². The van der Waals surface area contributed by atoms with E-state index in [0.29, 0.717) is 5.69 Å². The molecule has 0 aliphatic carbocycles. The fraction of sp³-hybridized carbons (Fsp3) is 0.438. The van der Waals surface area contributed by atoms with E-state index in [-0.39, 0.29) is 18.2 Å². The van der Waals surface area contributed by atoms with Crippen LogP contribution in [0.3, 0.4) is 0 Å². The second-order valence-corrected chi connectivity index (χ2v) is 5.86. The molecule has 1 aromatic carbocycles.